The molecule has 1 N–H and O–H groups in total. The lowest BCUT2D eigenvalue weighted by Crippen LogP contribution is -2.08. The smallest absolute Gasteiger partial charge is 0.322 e. The van der Waals surface area contributed by atoms with E-state index in [1.165, 1.54) is 0 Å². The highest BCUT2D eigenvalue weighted by Crippen LogP contribution is 2.26. The molecule has 1 heterocycles. The second-order valence-corrected chi connectivity index (χ2v) is 5.22. The minimum Gasteiger partial charge on any atom is -0.424 e. The van der Waals surface area contributed by atoms with Gasteiger partial charge < -0.3 is 10.1 Å². The summed E-state index contributed by atoms with van der Waals surface area (Å²) >= 11 is 3.43. The standard InChI is InChI=1S/C14H16BrN3O/c1-9-4-5-12(15)6-13(9)19-14-17-8-11(7-16-3)10(2)18-14/h4-6,8,16H,7H2,1-3H3. The van der Waals surface area contributed by atoms with Gasteiger partial charge in [-0.25, -0.2) is 4.98 Å². The maximum atomic E-state index is 5.73. The molecule has 5 heteroatoms. The average molecular weight is 322 g/mol. The van der Waals surface area contributed by atoms with Crippen LogP contribution in [0.25, 0.3) is 0 Å². The summed E-state index contributed by atoms with van der Waals surface area (Å²) in [6, 6.07) is 6.25. The molecule has 2 rings (SSSR count). The van der Waals surface area contributed by atoms with Crippen molar-refractivity contribution in [2.24, 2.45) is 0 Å². The van der Waals surface area contributed by atoms with E-state index in [0.29, 0.717) is 6.01 Å². The minimum absolute atomic E-state index is 0.374. The molecular weight excluding hydrogens is 306 g/mol. The third kappa shape index (κ3) is 3.52. The van der Waals surface area contributed by atoms with Crippen molar-refractivity contribution >= 4 is 15.9 Å². The van der Waals surface area contributed by atoms with E-state index in [2.05, 4.69) is 31.2 Å². The third-order valence-electron chi connectivity index (χ3n) is 2.78. The Bertz CT molecular complexity index is 587. The molecule has 0 bridgehead atoms. The maximum absolute atomic E-state index is 5.73. The van der Waals surface area contributed by atoms with Gasteiger partial charge in [0.1, 0.15) is 5.75 Å². The number of halogens is 1. The van der Waals surface area contributed by atoms with Gasteiger partial charge in [0.05, 0.1) is 0 Å². The number of aromatic nitrogens is 2. The van der Waals surface area contributed by atoms with Crippen molar-refractivity contribution in [2.75, 3.05) is 7.05 Å². The fourth-order valence-corrected chi connectivity index (χ4v) is 2.01. The predicted octanol–water partition coefficient (Wildman–Crippen LogP) is 3.37. The van der Waals surface area contributed by atoms with Gasteiger partial charge in [-0.05, 0) is 38.6 Å². The molecular formula is C14H16BrN3O. The number of hydrogen-bond donors (Lipinski definition) is 1. The number of nitrogens with one attached hydrogen (secondary N) is 1. The summed E-state index contributed by atoms with van der Waals surface area (Å²) in [7, 11) is 1.90. The first-order chi connectivity index (χ1) is 9.10. The number of benzene rings is 1. The van der Waals surface area contributed by atoms with E-state index in [1.807, 2.05) is 39.1 Å². The number of aryl methyl sites for hydroxylation is 2. The zero-order valence-corrected chi connectivity index (χ0v) is 12.8. The summed E-state index contributed by atoms with van der Waals surface area (Å²) in [5.41, 5.74) is 3.04. The summed E-state index contributed by atoms with van der Waals surface area (Å²) in [4.78, 5) is 8.60. The number of nitrogens with zero attached hydrogens (tertiary/aromatic N) is 2. The molecule has 0 spiro atoms. The van der Waals surface area contributed by atoms with Crippen LogP contribution in [0.2, 0.25) is 0 Å². The van der Waals surface area contributed by atoms with Crippen LogP contribution in [0, 0.1) is 13.8 Å². The number of rotatable bonds is 4. The lowest BCUT2D eigenvalue weighted by Gasteiger charge is -2.09. The fraction of sp³-hybridized carbons (Fsp3) is 0.286. The first-order valence-electron chi connectivity index (χ1n) is 6.01. The summed E-state index contributed by atoms with van der Waals surface area (Å²) in [6.45, 7) is 4.70. The Balaban J connectivity index is 2.24. The lowest BCUT2D eigenvalue weighted by molar-refractivity contribution is 0.436. The van der Waals surface area contributed by atoms with Crippen molar-refractivity contribution in [2.45, 2.75) is 20.4 Å². The Morgan fingerprint density at radius 2 is 2.11 bits per heavy atom. The highest BCUT2D eigenvalue weighted by atomic mass is 79.9. The van der Waals surface area contributed by atoms with Crippen molar-refractivity contribution < 1.29 is 4.74 Å². The Labute approximate surface area is 121 Å². The SMILES string of the molecule is CNCc1cnc(Oc2cc(Br)ccc2C)nc1C. The molecule has 0 fully saturated rings. The van der Waals surface area contributed by atoms with Crippen molar-refractivity contribution in [3.63, 3.8) is 0 Å². The summed E-state index contributed by atoms with van der Waals surface area (Å²) in [5, 5.41) is 3.08. The first-order valence-corrected chi connectivity index (χ1v) is 6.80. The molecule has 0 amide bonds. The van der Waals surface area contributed by atoms with E-state index in [-0.39, 0.29) is 0 Å². The third-order valence-corrected chi connectivity index (χ3v) is 3.27. The van der Waals surface area contributed by atoms with Crippen LogP contribution >= 0.6 is 15.9 Å². The van der Waals surface area contributed by atoms with Gasteiger partial charge in [0, 0.05) is 28.5 Å². The van der Waals surface area contributed by atoms with Crippen LogP contribution in [0.1, 0.15) is 16.8 Å². The number of hydrogen-bond acceptors (Lipinski definition) is 4. The molecule has 1 aromatic heterocycles. The minimum atomic E-state index is 0.374. The van der Waals surface area contributed by atoms with Gasteiger partial charge in [-0.1, -0.05) is 22.0 Å². The van der Waals surface area contributed by atoms with E-state index in [1.54, 1.807) is 6.20 Å². The Kier molecular flexibility index (Phi) is 4.50. The molecule has 1 aromatic carbocycles. The van der Waals surface area contributed by atoms with Crippen LogP contribution in [-0.4, -0.2) is 17.0 Å². The molecule has 0 unspecified atom stereocenters. The second kappa shape index (κ2) is 6.12. The molecule has 0 radical (unpaired) electrons. The summed E-state index contributed by atoms with van der Waals surface area (Å²) < 4.78 is 6.70. The van der Waals surface area contributed by atoms with Gasteiger partial charge >= 0.3 is 6.01 Å². The molecule has 4 nitrogen and oxygen atoms in total. The van der Waals surface area contributed by atoms with E-state index in [4.69, 9.17) is 4.74 Å². The summed E-state index contributed by atoms with van der Waals surface area (Å²) in [6.07, 6.45) is 1.79. The molecule has 2 aromatic rings. The maximum Gasteiger partial charge on any atom is 0.322 e. The van der Waals surface area contributed by atoms with Crippen LogP contribution in [0.4, 0.5) is 0 Å². The zero-order valence-electron chi connectivity index (χ0n) is 11.2. The normalized spacial score (nSPS) is 10.5. The fourth-order valence-electron chi connectivity index (χ4n) is 1.67. The average Bonchev–Trinajstić information content (AvgIpc) is 2.37. The molecule has 0 saturated carbocycles. The van der Waals surface area contributed by atoms with Gasteiger partial charge in [0.2, 0.25) is 0 Å². The molecule has 0 aliphatic heterocycles. The van der Waals surface area contributed by atoms with Crippen molar-refractivity contribution in [1.82, 2.24) is 15.3 Å². The van der Waals surface area contributed by atoms with E-state index in [9.17, 15) is 0 Å². The first kappa shape index (κ1) is 14.0. The van der Waals surface area contributed by atoms with Crippen LogP contribution < -0.4 is 10.1 Å². The molecule has 100 valence electrons. The van der Waals surface area contributed by atoms with Gasteiger partial charge in [-0.2, -0.15) is 4.98 Å². The van der Waals surface area contributed by atoms with E-state index >= 15 is 0 Å². The largest absolute Gasteiger partial charge is 0.424 e. The van der Waals surface area contributed by atoms with Crippen LogP contribution in [0.3, 0.4) is 0 Å². The summed E-state index contributed by atoms with van der Waals surface area (Å²) in [5.74, 6) is 0.759. The van der Waals surface area contributed by atoms with E-state index in [0.717, 1.165) is 33.6 Å². The molecule has 0 saturated heterocycles. The molecule has 0 atom stereocenters. The second-order valence-electron chi connectivity index (χ2n) is 4.31. The van der Waals surface area contributed by atoms with Crippen molar-refractivity contribution in [3.05, 3.63) is 45.7 Å². The van der Waals surface area contributed by atoms with Crippen LogP contribution in [-0.2, 0) is 6.54 Å². The lowest BCUT2D eigenvalue weighted by atomic mass is 10.2. The van der Waals surface area contributed by atoms with Gasteiger partial charge in [0.15, 0.2) is 0 Å². The van der Waals surface area contributed by atoms with E-state index < -0.39 is 0 Å². The predicted molar refractivity (Wildman–Crippen MR) is 78.5 cm³/mol. The Morgan fingerprint density at radius 3 is 2.79 bits per heavy atom. The van der Waals surface area contributed by atoms with Crippen LogP contribution in [0.5, 0.6) is 11.8 Å². The number of ether oxygens (including phenoxy) is 1. The Hall–Kier alpha value is -1.46. The molecule has 19 heavy (non-hydrogen) atoms. The molecule has 0 aliphatic rings. The highest BCUT2D eigenvalue weighted by molar-refractivity contribution is 9.10. The topological polar surface area (TPSA) is 47.0 Å². The van der Waals surface area contributed by atoms with Gasteiger partial charge in [0.25, 0.3) is 0 Å². The quantitative estimate of drug-likeness (QED) is 0.937. The molecule has 0 aliphatic carbocycles. The Morgan fingerprint density at radius 1 is 1.32 bits per heavy atom. The van der Waals surface area contributed by atoms with Gasteiger partial charge in [-0.15, -0.1) is 0 Å². The van der Waals surface area contributed by atoms with Crippen molar-refractivity contribution in [3.8, 4) is 11.8 Å². The monoisotopic (exact) mass is 321 g/mol. The van der Waals surface area contributed by atoms with Gasteiger partial charge in [-0.3, -0.25) is 0 Å². The van der Waals surface area contributed by atoms with Crippen LogP contribution in [0.15, 0.2) is 28.9 Å². The zero-order chi connectivity index (χ0) is 13.8. The highest BCUT2D eigenvalue weighted by Gasteiger charge is 2.07. The van der Waals surface area contributed by atoms with Crippen molar-refractivity contribution in [1.29, 1.82) is 0 Å².